The largest absolute Gasteiger partial charge is 0.448 e. The fraction of sp³-hybridized carbons (Fsp3) is 0.179. The molecule has 0 saturated carbocycles. The molecule has 0 aromatic heterocycles. The Morgan fingerprint density at radius 2 is 1.50 bits per heavy atom. The molecule has 0 unspecified atom stereocenters. The van der Waals surface area contributed by atoms with Crippen LogP contribution in [0.15, 0.2) is 102 Å². The van der Waals surface area contributed by atoms with E-state index in [9.17, 15) is 14.4 Å². The monoisotopic (exact) mass is 502 g/mol. The third-order valence-corrected chi connectivity index (χ3v) is 6.48. The molecule has 0 radical (unpaired) electrons. The van der Waals surface area contributed by atoms with Crippen LogP contribution in [0.5, 0.6) is 0 Å². The maximum atomic E-state index is 13.5. The zero-order valence-corrected chi connectivity index (χ0v) is 19.9. The van der Waals surface area contributed by atoms with E-state index >= 15 is 0 Å². The highest BCUT2D eigenvalue weighted by Gasteiger charge is 2.55. The molecule has 1 N–H and O–H groups in total. The Kier molecular flexibility index (Phi) is 6.84. The van der Waals surface area contributed by atoms with Gasteiger partial charge in [0.05, 0.1) is 6.61 Å². The molecule has 2 amide bonds. The molecule has 2 aliphatic rings. The summed E-state index contributed by atoms with van der Waals surface area (Å²) in [7, 11) is 0. The van der Waals surface area contributed by atoms with Crippen molar-refractivity contribution >= 4 is 29.4 Å². The van der Waals surface area contributed by atoms with Gasteiger partial charge in [0.15, 0.2) is 18.4 Å². The molecular weight excluding hydrogens is 480 g/mol. The molecule has 3 aromatic carbocycles. The minimum absolute atomic E-state index is 0.0106. The Bertz CT molecular complexity index is 1260. The minimum Gasteiger partial charge on any atom is -0.448 e. The van der Waals surface area contributed by atoms with Gasteiger partial charge in [-0.3, -0.25) is 14.5 Å². The predicted octanol–water partition coefficient (Wildman–Crippen LogP) is 3.81. The molecule has 2 atom stereocenters. The SMILES string of the molecule is O=C(OC(c1ccccc1)c1ccccc1)C1=C(CCl)CO[C@@H]2[C@H](NC(=O)c3ccccc3)C(=O)N12. The van der Waals surface area contributed by atoms with Crippen molar-refractivity contribution in [1.82, 2.24) is 10.2 Å². The number of nitrogens with one attached hydrogen (secondary N) is 1. The van der Waals surface area contributed by atoms with E-state index in [1.807, 2.05) is 60.7 Å². The molecule has 7 nitrogen and oxygen atoms in total. The molecule has 1 fully saturated rings. The number of fused-ring (bicyclic) bond motifs is 1. The molecule has 0 bridgehead atoms. The van der Waals surface area contributed by atoms with Crippen LogP contribution < -0.4 is 5.32 Å². The van der Waals surface area contributed by atoms with Gasteiger partial charge in [-0.2, -0.15) is 0 Å². The van der Waals surface area contributed by atoms with Crippen LogP contribution in [0.2, 0.25) is 0 Å². The third kappa shape index (κ3) is 4.51. The van der Waals surface area contributed by atoms with E-state index in [1.54, 1.807) is 30.3 Å². The fourth-order valence-corrected chi connectivity index (χ4v) is 4.54. The average Bonchev–Trinajstić information content (AvgIpc) is 2.94. The topological polar surface area (TPSA) is 84.9 Å². The normalized spacial score (nSPS) is 18.9. The highest BCUT2D eigenvalue weighted by Crippen LogP contribution is 2.36. The Labute approximate surface area is 213 Å². The molecule has 2 aliphatic heterocycles. The molecule has 8 heteroatoms. The lowest BCUT2D eigenvalue weighted by Gasteiger charge is -2.49. The number of hydrogen-bond acceptors (Lipinski definition) is 5. The van der Waals surface area contributed by atoms with E-state index in [2.05, 4.69) is 5.32 Å². The van der Waals surface area contributed by atoms with E-state index < -0.39 is 36.2 Å². The van der Waals surface area contributed by atoms with Crippen molar-refractivity contribution < 1.29 is 23.9 Å². The zero-order chi connectivity index (χ0) is 25.1. The Hall–Kier alpha value is -3.94. The number of ether oxygens (including phenoxy) is 2. The number of alkyl halides is 1. The summed E-state index contributed by atoms with van der Waals surface area (Å²) >= 11 is 6.12. The van der Waals surface area contributed by atoms with Crippen LogP contribution >= 0.6 is 11.6 Å². The van der Waals surface area contributed by atoms with Crippen molar-refractivity contribution in [2.24, 2.45) is 0 Å². The van der Waals surface area contributed by atoms with Crippen LogP contribution in [0.3, 0.4) is 0 Å². The lowest BCUT2D eigenvalue weighted by atomic mass is 9.98. The first-order valence-electron chi connectivity index (χ1n) is 11.5. The van der Waals surface area contributed by atoms with Crippen LogP contribution in [-0.2, 0) is 19.1 Å². The molecule has 2 heterocycles. The highest BCUT2D eigenvalue weighted by molar-refractivity contribution is 6.20. The van der Waals surface area contributed by atoms with Gasteiger partial charge in [-0.25, -0.2) is 4.79 Å². The Morgan fingerprint density at radius 1 is 0.944 bits per heavy atom. The number of carbonyl (C=O) groups excluding carboxylic acids is 3. The first-order chi connectivity index (χ1) is 17.6. The van der Waals surface area contributed by atoms with Crippen LogP contribution in [0.4, 0.5) is 0 Å². The Balaban J connectivity index is 1.39. The summed E-state index contributed by atoms with van der Waals surface area (Å²) in [5, 5.41) is 2.70. The smallest absolute Gasteiger partial charge is 0.356 e. The summed E-state index contributed by atoms with van der Waals surface area (Å²) in [6.07, 6.45) is -1.51. The Morgan fingerprint density at radius 3 is 2.06 bits per heavy atom. The lowest BCUT2D eigenvalue weighted by molar-refractivity contribution is -0.184. The second kappa shape index (κ2) is 10.4. The van der Waals surface area contributed by atoms with Gasteiger partial charge in [0.1, 0.15) is 5.70 Å². The van der Waals surface area contributed by atoms with Gasteiger partial charge in [0, 0.05) is 17.0 Å². The summed E-state index contributed by atoms with van der Waals surface area (Å²) < 4.78 is 11.8. The van der Waals surface area contributed by atoms with Crippen molar-refractivity contribution in [1.29, 1.82) is 0 Å². The van der Waals surface area contributed by atoms with Gasteiger partial charge in [0.25, 0.3) is 11.8 Å². The summed E-state index contributed by atoms with van der Waals surface area (Å²) in [4.78, 5) is 40.5. The fourth-order valence-electron chi connectivity index (χ4n) is 4.34. The standard InChI is InChI=1S/C28H23ClN2O5/c29-16-21-17-35-27-22(30-25(32)20-14-8-3-9-15-20)26(33)31(27)23(21)28(34)36-24(18-10-4-1-5-11-18)19-12-6-2-7-13-19/h1-15,22,24,27H,16-17H2,(H,30,32)/t22-,27-/m1/s1. The average molecular weight is 503 g/mol. The number of esters is 1. The van der Waals surface area contributed by atoms with E-state index in [0.717, 1.165) is 11.1 Å². The maximum absolute atomic E-state index is 13.5. The van der Waals surface area contributed by atoms with Gasteiger partial charge < -0.3 is 14.8 Å². The number of halogens is 1. The lowest BCUT2D eigenvalue weighted by Crippen LogP contribution is -2.73. The first kappa shape index (κ1) is 23.8. The van der Waals surface area contributed by atoms with Gasteiger partial charge in [0.2, 0.25) is 0 Å². The second-order valence-electron chi connectivity index (χ2n) is 8.42. The van der Waals surface area contributed by atoms with E-state index in [0.29, 0.717) is 11.1 Å². The molecule has 182 valence electrons. The van der Waals surface area contributed by atoms with Crippen LogP contribution in [-0.4, -0.2) is 47.4 Å². The number of rotatable bonds is 7. The number of hydrogen-bond donors (Lipinski definition) is 1. The number of β-lactam (4-membered cyclic amide) rings is 1. The molecule has 0 aliphatic carbocycles. The van der Waals surface area contributed by atoms with Crippen molar-refractivity contribution in [3.05, 3.63) is 119 Å². The minimum atomic E-state index is -0.920. The third-order valence-electron chi connectivity index (χ3n) is 6.15. The van der Waals surface area contributed by atoms with Gasteiger partial charge in [-0.1, -0.05) is 78.9 Å². The van der Waals surface area contributed by atoms with Crippen molar-refractivity contribution in [3.63, 3.8) is 0 Å². The quantitative estimate of drug-likeness (QED) is 0.302. The van der Waals surface area contributed by atoms with Gasteiger partial charge in [-0.15, -0.1) is 11.6 Å². The molecule has 0 spiro atoms. The number of carbonyl (C=O) groups is 3. The van der Waals surface area contributed by atoms with Crippen LogP contribution in [0, 0.1) is 0 Å². The zero-order valence-electron chi connectivity index (χ0n) is 19.2. The van der Waals surface area contributed by atoms with E-state index in [-0.39, 0.29) is 18.2 Å². The van der Waals surface area contributed by atoms with Crippen LogP contribution in [0.25, 0.3) is 0 Å². The number of amides is 2. The van der Waals surface area contributed by atoms with Crippen molar-refractivity contribution in [2.45, 2.75) is 18.4 Å². The molecule has 1 saturated heterocycles. The summed E-state index contributed by atoms with van der Waals surface area (Å²) in [5.74, 6) is -1.56. The molecule has 36 heavy (non-hydrogen) atoms. The summed E-state index contributed by atoms with van der Waals surface area (Å²) in [6, 6.07) is 26.4. The molecule has 5 rings (SSSR count). The number of benzene rings is 3. The predicted molar refractivity (Wildman–Crippen MR) is 133 cm³/mol. The first-order valence-corrected chi connectivity index (χ1v) is 12.0. The number of nitrogens with zero attached hydrogens (tertiary/aromatic N) is 1. The molecule has 3 aromatic rings. The summed E-state index contributed by atoms with van der Waals surface area (Å²) in [6.45, 7) is 0.0431. The van der Waals surface area contributed by atoms with Gasteiger partial charge >= 0.3 is 5.97 Å². The van der Waals surface area contributed by atoms with Gasteiger partial charge in [-0.05, 0) is 23.3 Å². The van der Waals surface area contributed by atoms with E-state index in [4.69, 9.17) is 21.1 Å². The second-order valence-corrected chi connectivity index (χ2v) is 8.69. The molecular formula is C28H23ClN2O5. The van der Waals surface area contributed by atoms with Crippen molar-refractivity contribution in [3.8, 4) is 0 Å². The maximum Gasteiger partial charge on any atom is 0.356 e. The van der Waals surface area contributed by atoms with Crippen LogP contribution in [0.1, 0.15) is 27.6 Å². The summed E-state index contributed by atoms with van der Waals surface area (Å²) in [5.41, 5.74) is 2.50. The van der Waals surface area contributed by atoms with E-state index in [1.165, 1.54) is 4.90 Å². The van der Waals surface area contributed by atoms with Crippen molar-refractivity contribution in [2.75, 3.05) is 12.5 Å². The highest BCUT2D eigenvalue weighted by atomic mass is 35.5.